The largest absolute Gasteiger partial charge is 0.340 e. The summed E-state index contributed by atoms with van der Waals surface area (Å²) >= 11 is 0. The summed E-state index contributed by atoms with van der Waals surface area (Å²) in [7, 11) is 0. The molecular weight excluding hydrogens is 172 g/mol. The Morgan fingerprint density at radius 2 is 1.93 bits per heavy atom. The third-order valence-corrected chi connectivity index (χ3v) is 2.33. The molecule has 0 spiro atoms. The maximum Gasteiger partial charge on any atom is 0.209 e. The summed E-state index contributed by atoms with van der Waals surface area (Å²) in [5.41, 5.74) is 2.45. The van der Waals surface area contributed by atoms with Crippen molar-refractivity contribution >= 4 is 11.4 Å². The lowest BCUT2D eigenvalue weighted by Gasteiger charge is -2.15. The highest BCUT2D eigenvalue weighted by atomic mass is 15.4. The molecular formula is C12H14N2. The molecule has 72 valence electrons. The molecule has 0 bridgehead atoms. The molecule has 2 radical (unpaired) electrons. The first-order chi connectivity index (χ1) is 6.86. The molecule has 1 aromatic rings. The lowest BCUT2D eigenvalue weighted by Crippen LogP contribution is -2.24. The second kappa shape index (κ2) is 3.74. The minimum Gasteiger partial charge on any atom is -0.340 e. The van der Waals surface area contributed by atoms with Crippen molar-refractivity contribution in [3.63, 3.8) is 0 Å². The van der Waals surface area contributed by atoms with Gasteiger partial charge in [0.1, 0.15) is 0 Å². The van der Waals surface area contributed by atoms with E-state index in [-0.39, 0.29) is 0 Å². The summed E-state index contributed by atoms with van der Waals surface area (Å²) in [6, 6.07) is 8.34. The van der Waals surface area contributed by atoms with E-state index in [9.17, 15) is 0 Å². The van der Waals surface area contributed by atoms with Gasteiger partial charge in [0.25, 0.3) is 0 Å². The van der Waals surface area contributed by atoms with Crippen LogP contribution in [0.3, 0.4) is 0 Å². The zero-order valence-corrected chi connectivity index (χ0v) is 8.40. The normalized spacial score (nSPS) is 14.4. The number of para-hydroxylation sites is 2. The summed E-state index contributed by atoms with van der Waals surface area (Å²) in [5, 5.41) is 0. The Kier molecular flexibility index (Phi) is 2.44. The van der Waals surface area contributed by atoms with Crippen LogP contribution in [0.1, 0.15) is 6.92 Å². The predicted octanol–water partition coefficient (Wildman–Crippen LogP) is 2.52. The van der Waals surface area contributed by atoms with Gasteiger partial charge in [-0.2, -0.15) is 0 Å². The van der Waals surface area contributed by atoms with E-state index in [0.29, 0.717) is 0 Å². The predicted molar refractivity (Wildman–Crippen MR) is 60.2 cm³/mol. The molecule has 0 N–H and O–H groups in total. The highest BCUT2D eigenvalue weighted by molar-refractivity contribution is 5.78. The van der Waals surface area contributed by atoms with Crippen LogP contribution >= 0.6 is 0 Å². The fraction of sp³-hybridized carbons (Fsp3) is 0.250. The molecule has 1 aliphatic rings. The van der Waals surface area contributed by atoms with E-state index in [1.807, 2.05) is 6.08 Å². The molecule has 2 nitrogen and oxygen atoms in total. The van der Waals surface area contributed by atoms with Gasteiger partial charge in [0.2, 0.25) is 6.67 Å². The maximum atomic E-state index is 3.75. The summed E-state index contributed by atoms with van der Waals surface area (Å²) < 4.78 is 0. The smallest absolute Gasteiger partial charge is 0.209 e. The van der Waals surface area contributed by atoms with Crippen LogP contribution in [-0.4, -0.2) is 13.1 Å². The second-order valence-corrected chi connectivity index (χ2v) is 3.23. The molecule has 1 aliphatic heterocycles. The molecule has 0 amide bonds. The van der Waals surface area contributed by atoms with Gasteiger partial charge in [0.05, 0.1) is 11.4 Å². The molecule has 0 fully saturated rings. The lowest BCUT2D eigenvalue weighted by molar-refractivity contribution is 0.916. The Hall–Kier alpha value is -1.44. The van der Waals surface area contributed by atoms with Crippen molar-refractivity contribution in [2.24, 2.45) is 0 Å². The summed E-state index contributed by atoms with van der Waals surface area (Å²) in [6.45, 7) is 10.9. The number of benzene rings is 1. The Morgan fingerprint density at radius 3 is 2.50 bits per heavy atom. The van der Waals surface area contributed by atoms with Crippen LogP contribution in [-0.2, 0) is 0 Å². The number of fused-ring (bicyclic) bond motifs is 1. The number of nitrogens with zero attached hydrogens (tertiary/aromatic N) is 2. The van der Waals surface area contributed by atoms with Crippen molar-refractivity contribution in [1.29, 1.82) is 0 Å². The van der Waals surface area contributed by atoms with Gasteiger partial charge < -0.3 is 9.80 Å². The van der Waals surface area contributed by atoms with Crippen LogP contribution in [0.2, 0.25) is 0 Å². The summed E-state index contributed by atoms with van der Waals surface area (Å²) in [4.78, 5) is 4.21. The zero-order chi connectivity index (χ0) is 9.97. The van der Waals surface area contributed by atoms with E-state index in [1.165, 1.54) is 11.4 Å². The Labute approximate surface area is 85.4 Å². The van der Waals surface area contributed by atoms with Gasteiger partial charge in [0.15, 0.2) is 0 Å². The van der Waals surface area contributed by atoms with Gasteiger partial charge in [-0.25, -0.2) is 0 Å². The third kappa shape index (κ3) is 1.37. The quantitative estimate of drug-likeness (QED) is 0.669. The molecule has 1 aromatic carbocycles. The summed E-state index contributed by atoms with van der Waals surface area (Å²) in [5.74, 6) is 0. The first kappa shape index (κ1) is 9.13. The fourth-order valence-corrected chi connectivity index (χ4v) is 1.68. The first-order valence-electron chi connectivity index (χ1n) is 4.88. The molecule has 0 atom stereocenters. The maximum absolute atomic E-state index is 3.75. The van der Waals surface area contributed by atoms with Gasteiger partial charge in [-0.1, -0.05) is 18.2 Å². The van der Waals surface area contributed by atoms with Gasteiger partial charge in [-0.3, -0.25) is 0 Å². The average Bonchev–Trinajstić information content (AvgIpc) is 2.58. The van der Waals surface area contributed by atoms with Gasteiger partial charge in [-0.05, 0) is 19.1 Å². The minimum absolute atomic E-state index is 0.813. The third-order valence-electron chi connectivity index (χ3n) is 2.33. The minimum atomic E-state index is 0.813. The Bertz CT molecular complexity index is 333. The fourth-order valence-electron chi connectivity index (χ4n) is 1.68. The zero-order valence-electron chi connectivity index (χ0n) is 8.40. The van der Waals surface area contributed by atoms with Crippen LogP contribution in [0.4, 0.5) is 11.4 Å². The van der Waals surface area contributed by atoms with Crippen LogP contribution in [0, 0.1) is 6.67 Å². The van der Waals surface area contributed by atoms with Crippen molar-refractivity contribution < 1.29 is 0 Å². The molecule has 1 heterocycles. The van der Waals surface area contributed by atoms with E-state index >= 15 is 0 Å². The van der Waals surface area contributed by atoms with Crippen molar-refractivity contribution in [2.45, 2.75) is 6.92 Å². The van der Waals surface area contributed by atoms with Crippen LogP contribution in [0.25, 0.3) is 0 Å². The van der Waals surface area contributed by atoms with Crippen molar-refractivity contribution in [3.05, 3.63) is 43.6 Å². The Morgan fingerprint density at radius 1 is 1.29 bits per heavy atom. The number of hydrogen-bond donors (Lipinski definition) is 0. The molecule has 0 aromatic heterocycles. The van der Waals surface area contributed by atoms with E-state index in [1.54, 1.807) is 0 Å². The lowest BCUT2D eigenvalue weighted by atomic mass is 10.2. The topological polar surface area (TPSA) is 6.48 Å². The van der Waals surface area contributed by atoms with Crippen molar-refractivity contribution in [3.8, 4) is 0 Å². The number of hydrogen-bond acceptors (Lipinski definition) is 2. The van der Waals surface area contributed by atoms with Crippen LogP contribution in [0.5, 0.6) is 0 Å². The molecule has 0 saturated heterocycles. The molecule has 0 aliphatic carbocycles. The molecule has 14 heavy (non-hydrogen) atoms. The first-order valence-corrected chi connectivity index (χ1v) is 4.88. The molecule has 0 saturated carbocycles. The highest BCUT2D eigenvalue weighted by Crippen LogP contribution is 2.36. The van der Waals surface area contributed by atoms with E-state index in [2.05, 4.69) is 54.2 Å². The highest BCUT2D eigenvalue weighted by Gasteiger charge is 2.24. The number of rotatable bonds is 3. The second-order valence-electron chi connectivity index (χ2n) is 3.23. The van der Waals surface area contributed by atoms with Gasteiger partial charge in [-0.15, -0.1) is 6.58 Å². The van der Waals surface area contributed by atoms with E-state index in [0.717, 1.165) is 13.1 Å². The summed E-state index contributed by atoms with van der Waals surface area (Å²) in [6.07, 6.45) is 1.89. The molecule has 0 unspecified atom stereocenters. The van der Waals surface area contributed by atoms with Crippen LogP contribution in [0.15, 0.2) is 36.9 Å². The number of anilines is 2. The van der Waals surface area contributed by atoms with Crippen LogP contribution < -0.4 is 9.80 Å². The molecule has 2 heteroatoms. The van der Waals surface area contributed by atoms with Crippen molar-refractivity contribution in [2.75, 3.05) is 22.9 Å². The monoisotopic (exact) mass is 186 g/mol. The van der Waals surface area contributed by atoms with E-state index < -0.39 is 0 Å². The SMILES string of the molecule is C=CCN1[C]N(CC)c2ccccc21. The van der Waals surface area contributed by atoms with Gasteiger partial charge >= 0.3 is 0 Å². The standard InChI is InChI=1S/C12H14N2/c1-3-9-14-10-13(4-2)11-7-5-6-8-12(11)14/h3,5-8H,1,4,9H2,2H3. The molecule has 2 rings (SSSR count). The Balaban J connectivity index is 2.33. The van der Waals surface area contributed by atoms with Gasteiger partial charge in [0, 0.05) is 13.1 Å². The average molecular weight is 186 g/mol. The van der Waals surface area contributed by atoms with E-state index in [4.69, 9.17) is 0 Å². The van der Waals surface area contributed by atoms with Crippen molar-refractivity contribution in [1.82, 2.24) is 0 Å².